The van der Waals surface area contributed by atoms with E-state index >= 15 is 0 Å². The van der Waals surface area contributed by atoms with Crippen LogP contribution in [0.25, 0.3) is 0 Å². The molecule has 2 aliphatic rings. The third-order valence-corrected chi connectivity index (χ3v) is 6.50. The lowest BCUT2D eigenvalue weighted by atomic mass is 10.3. The summed E-state index contributed by atoms with van der Waals surface area (Å²) in [4.78, 5) is 102. The Kier molecular flexibility index (Phi) is 21.7. The van der Waals surface area contributed by atoms with Gasteiger partial charge in [0, 0.05) is 51.6 Å². The van der Waals surface area contributed by atoms with Crippen molar-refractivity contribution in [2.75, 3.05) is 92.4 Å². The maximum Gasteiger partial charge on any atom is 0.335 e. The Hall–Kier alpha value is -4.08. The summed E-state index contributed by atoms with van der Waals surface area (Å²) in [5.74, 6) is -4.20. The summed E-state index contributed by atoms with van der Waals surface area (Å²) in [6.45, 7) is 3.31. The zero-order valence-electron chi connectivity index (χ0n) is 28.0. The van der Waals surface area contributed by atoms with E-state index in [1.807, 2.05) is 0 Å². The van der Waals surface area contributed by atoms with Gasteiger partial charge in [0.05, 0.1) is 92.1 Å². The van der Waals surface area contributed by atoms with Gasteiger partial charge in [-0.3, -0.25) is 28.8 Å². The Morgan fingerprint density at radius 3 is 1.02 bits per heavy atom. The number of imide groups is 2. The molecular formula is C30H46N4O16. The van der Waals surface area contributed by atoms with Crippen molar-refractivity contribution >= 4 is 47.4 Å². The van der Waals surface area contributed by atoms with Crippen LogP contribution in [0.3, 0.4) is 0 Å². The number of hydrogen-bond donors (Lipinski definition) is 2. The minimum Gasteiger partial charge on any atom is -0.378 e. The summed E-state index contributed by atoms with van der Waals surface area (Å²) in [7, 11) is 0. The second kappa shape index (κ2) is 25.8. The Labute approximate surface area is 288 Å². The fraction of sp³-hybridized carbons (Fsp3) is 0.733. The molecule has 20 heteroatoms. The van der Waals surface area contributed by atoms with Gasteiger partial charge in [-0.1, -0.05) is 0 Å². The zero-order chi connectivity index (χ0) is 36.4. The van der Waals surface area contributed by atoms with Gasteiger partial charge in [0.1, 0.15) is 0 Å². The average molecular weight is 719 g/mol. The first-order valence-corrected chi connectivity index (χ1v) is 16.3. The molecule has 2 N–H and O–H groups in total. The van der Waals surface area contributed by atoms with E-state index < -0.39 is 35.6 Å². The predicted molar refractivity (Wildman–Crippen MR) is 164 cm³/mol. The maximum atomic E-state index is 11.9. The number of nitrogens with zero attached hydrogens (tertiary/aromatic N) is 2. The summed E-state index contributed by atoms with van der Waals surface area (Å²) >= 11 is 0. The molecule has 2 rings (SSSR count). The van der Waals surface area contributed by atoms with Gasteiger partial charge < -0.3 is 48.7 Å². The van der Waals surface area contributed by atoms with Crippen molar-refractivity contribution in [1.82, 2.24) is 20.8 Å². The molecule has 2 saturated heterocycles. The lowest BCUT2D eigenvalue weighted by Gasteiger charge is -2.12. The molecule has 0 spiro atoms. The number of hydrogen-bond acceptors (Lipinski definition) is 16. The average Bonchev–Trinajstić information content (AvgIpc) is 3.58. The van der Waals surface area contributed by atoms with Crippen LogP contribution in [0.5, 0.6) is 0 Å². The van der Waals surface area contributed by atoms with E-state index in [9.17, 15) is 38.4 Å². The Balaban J connectivity index is 1.26. The van der Waals surface area contributed by atoms with Crippen LogP contribution in [-0.4, -0.2) is 150 Å². The highest BCUT2D eigenvalue weighted by Gasteiger charge is 2.33. The van der Waals surface area contributed by atoms with E-state index in [-0.39, 0.29) is 129 Å². The highest BCUT2D eigenvalue weighted by atomic mass is 16.7. The van der Waals surface area contributed by atoms with Crippen LogP contribution < -0.4 is 10.6 Å². The number of hydroxylamine groups is 4. The van der Waals surface area contributed by atoms with Crippen molar-refractivity contribution in [3.05, 3.63) is 0 Å². The van der Waals surface area contributed by atoms with Crippen LogP contribution in [0.15, 0.2) is 0 Å². The van der Waals surface area contributed by atoms with Crippen LogP contribution in [0, 0.1) is 0 Å². The lowest BCUT2D eigenvalue weighted by molar-refractivity contribution is -0.198. The Bertz CT molecular complexity index is 1020. The van der Waals surface area contributed by atoms with E-state index in [1.165, 1.54) is 0 Å². The van der Waals surface area contributed by atoms with E-state index in [0.29, 0.717) is 36.6 Å². The van der Waals surface area contributed by atoms with Crippen molar-refractivity contribution in [2.45, 2.75) is 51.4 Å². The first kappa shape index (κ1) is 42.1. The standard InChI is InChI=1S/C30H46N4O16/c35-23(31-9-13-45-17-21-47-19-15-43-11-7-29(41)49-33-25(37)3-4-26(33)38)1-2-24(36)32-10-14-46-18-22-48-20-16-44-12-8-30(42)50-34-27(39)5-6-28(34)40/h1-22H2,(H,31,35)(H,32,36). The first-order valence-electron chi connectivity index (χ1n) is 16.3. The van der Waals surface area contributed by atoms with Gasteiger partial charge in [-0.2, -0.15) is 0 Å². The van der Waals surface area contributed by atoms with Gasteiger partial charge in [0.2, 0.25) is 11.8 Å². The fourth-order valence-electron chi connectivity index (χ4n) is 3.93. The van der Waals surface area contributed by atoms with Crippen LogP contribution in [0.4, 0.5) is 0 Å². The molecule has 20 nitrogen and oxygen atoms in total. The van der Waals surface area contributed by atoms with Gasteiger partial charge in [-0.15, -0.1) is 10.1 Å². The summed E-state index contributed by atoms with van der Waals surface area (Å²) in [5.41, 5.74) is 0. The van der Waals surface area contributed by atoms with Crippen molar-refractivity contribution in [3.8, 4) is 0 Å². The fourth-order valence-corrected chi connectivity index (χ4v) is 3.93. The molecule has 50 heavy (non-hydrogen) atoms. The number of amides is 6. The molecule has 2 aliphatic heterocycles. The molecule has 6 amide bonds. The minimum absolute atomic E-state index is 0.0247. The van der Waals surface area contributed by atoms with Gasteiger partial charge in [-0.25, -0.2) is 9.59 Å². The topological polar surface area (TPSA) is 241 Å². The summed E-state index contributed by atoms with van der Waals surface area (Å²) in [6, 6.07) is 0. The molecule has 282 valence electrons. The second-order valence-electron chi connectivity index (χ2n) is 10.5. The quantitative estimate of drug-likeness (QED) is 0.0634. The van der Waals surface area contributed by atoms with Crippen molar-refractivity contribution in [2.24, 2.45) is 0 Å². The number of ether oxygens (including phenoxy) is 6. The third kappa shape index (κ3) is 19.2. The predicted octanol–water partition coefficient (Wildman–Crippen LogP) is -1.91. The molecular weight excluding hydrogens is 672 g/mol. The second-order valence-corrected chi connectivity index (χ2v) is 10.5. The number of carbonyl (C=O) groups excluding carboxylic acids is 8. The van der Waals surface area contributed by atoms with E-state index in [4.69, 9.17) is 38.1 Å². The molecule has 0 aromatic rings. The number of nitrogens with one attached hydrogen (secondary N) is 2. The molecule has 2 fully saturated rings. The highest BCUT2D eigenvalue weighted by Crippen LogP contribution is 2.13. The molecule has 0 atom stereocenters. The van der Waals surface area contributed by atoms with Crippen LogP contribution in [0.1, 0.15) is 51.4 Å². The minimum atomic E-state index is -0.737. The van der Waals surface area contributed by atoms with Gasteiger partial charge in [-0.05, 0) is 0 Å². The third-order valence-electron chi connectivity index (χ3n) is 6.50. The smallest absolute Gasteiger partial charge is 0.335 e. The maximum absolute atomic E-state index is 11.9. The normalized spacial score (nSPS) is 14.4. The molecule has 0 aromatic carbocycles. The molecule has 0 aromatic heterocycles. The summed E-state index contributed by atoms with van der Waals surface area (Å²) in [6.07, 6.45) is -0.0601. The van der Waals surface area contributed by atoms with Crippen LogP contribution >= 0.6 is 0 Å². The molecule has 0 unspecified atom stereocenters. The first-order chi connectivity index (χ1) is 24.2. The van der Waals surface area contributed by atoms with Crippen molar-refractivity contribution in [3.63, 3.8) is 0 Å². The monoisotopic (exact) mass is 718 g/mol. The molecule has 0 aliphatic carbocycles. The lowest BCUT2D eigenvalue weighted by Crippen LogP contribution is -2.32. The number of rotatable bonds is 29. The Morgan fingerprint density at radius 1 is 0.420 bits per heavy atom. The van der Waals surface area contributed by atoms with Crippen molar-refractivity contribution < 1.29 is 76.5 Å². The van der Waals surface area contributed by atoms with Gasteiger partial charge >= 0.3 is 11.9 Å². The van der Waals surface area contributed by atoms with Crippen LogP contribution in [-0.2, 0) is 76.5 Å². The largest absolute Gasteiger partial charge is 0.378 e. The van der Waals surface area contributed by atoms with Gasteiger partial charge in [0.25, 0.3) is 23.6 Å². The zero-order valence-corrected chi connectivity index (χ0v) is 28.0. The van der Waals surface area contributed by atoms with E-state index in [1.54, 1.807) is 0 Å². The molecule has 0 saturated carbocycles. The molecule has 2 heterocycles. The van der Waals surface area contributed by atoms with E-state index in [0.717, 1.165) is 0 Å². The van der Waals surface area contributed by atoms with Gasteiger partial charge in [0.15, 0.2) is 0 Å². The number of carbonyl (C=O) groups is 8. The summed E-state index contributed by atoms with van der Waals surface area (Å²) < 4.78 is 31.9. The summed E-state index contributed by atoms with van der Waals surface area (Å²) in [5, 5.41) is 6.29. The molecule has 0 radical (unpaired) electrons. The highest BCUT2D eigenvalue weighted by molar-refractivity contribution is 6.02. The van der Waals surface area contributed by atoms with E-state index in [2.05, 4.69) is 10.6 Å². The SMILES string of the molecule is O=C(CCC(=O)NCCOCCOCCOCCC(=O)ON1C(=O)CCC1=O)NCCOCCOCCOCCC(=O)ON1C(=O)CCC1=O. The molecule has 0 bridgehead atoms. The van der Waals surface area contributed by atoms with Crippen molar-refractivity contribution in [1.29, 1.82) is 0 Å². The van der Waals surface area contributed by atoms with Crippen LogP contribution in [0.2, 0.25) is 0 Å². The Morgan fingerprint density at radius 2 is 0.700 bits per heavy atom.